The number of carbonyl (C=O) groups is 1. The zero-order valence-corrected chi connectivity index (χ0v) is 17.0. The Morgan fingerprint density at radius 3 is 2.52 bits per heavy atom. The molecule has 0 aliphatic heterocycles. The van der Waals surface area contributed by atoms with Crippen LogP contribution in [0, 0.1) is 11.6 Å². The number of nitrogens with two attached hydrogens (primary N) is 1. The molecule has 0 spiro atoms. The van der Waals surface area contributed by atoms with Gasteiger partial charge in [0, 0.05) is 12.5 Å². The van der Waals surface area contributed by atoms with Gasteiger partial charge in [-0.1, -0.05) is 29.0 Å². The Balaban J connectivity index is 1.93. The fraction of sp³-hybridized carbons (Fsp3) is 0.158. The third kappa shape index (κ3) is 4.57. The number of thiazole rings is 1. The van der Waals surface area contributed by atoms with Gasteiger partial charge in [0.15, 0.2) is 16.8 Å². The van der Waals surface area contributed by atoms with Gasteiger partial charge in [0.05, 0.1) is 30.6 Å². The number of rotatable bonds is 7. The number of nitrogens with zero attached hydrogens (tertiary/aromatic N) is 1. The molecule has 3 rings (SSSR count). The fourth-order valence-electron chi connectivity index (χ4n) is 2.63. The number of hydrogen-bond acceptors (Lipinski definition) is 6. The molecule has 0 fully saturated rings. The molecule has 29 heavy (non-hydrogen) atoms. The number of carbonyl (C=O) groups excluding carboxylic acids is 1. The van der Waals surface area contributed by atoms with Crippen LogP contribution in [0.2, 0.25) is 5.02 Å². The monoisotopic (exact) mass is 439 g/mol. The summed E-state index contributed by atoms with van der Waals surface area (Å²) in [6.45, 7) is 0. The van der Waals surface area contributed by atoms with E-state index in [-0.39, 0.29) is 11.3 Å². The number of hydrogen-bond donors (Lipinski definition) is 2. The molecule has 0 radical (unpaired) electrons. The predicted molar refractivity (Wildman–Crippen MR) is 108 cm³/mol. The summed E-state index contributed by atoms with van der Waals surface area (Å²) >= 11 is 7.20. The van der Waals surface area contributed by atoms with Gasteiger partial charge in [-0.3, -0.25) is 4.79 Å². The summed E-state index contributed by atoms with van der Waals surface area (Å²) in [6.07, 6.45) is 0.105. The smallest absolute Gasteiger partial charge is 0.260 e. The molecule has 0 aliphatic rings. The Kier molecular flexibility index (Phi) is 6.19. The quantitative estimate of drug-likeness (QED) is 0.565. The van der Waals surface area contributed by atoms with Crippen molar-refractivity contribution in [2.24, 2.45) is 5.73 Å². The first kappa shape index (κ1) is 20.8. The molecule has 2 aromatic carbocycles. The molecule has 152 valence electrons. The summed E-state index contributed by atoms with van der Waals surface area (Å²) in [5.41, 5.74) is 6.75. The molecule has 0 saturated heterocycles. The van der Waals surface area contributed by atoms with Crippen molar-refractivity contribution >= 4 is 39.7 Å². The third-order valence-electron chi connectivity index (χ3n) is 3.99. The van der Waals surface area contributed by atoms with Crippen LogP contribution in [-0.2, 0) is 6.42 Å². The maximum atomic E-state index is 13.5. The van der Waals surface area contributed by atoms with Crippen molar-refractivity contribution in [1.29, 1.82) is 0 Å². The van der Waals surface area contributed by atoms with E-state index < -0.39 is 17.5 Å². The number of benzene rings is 2. The van der Waals surface area contributed by atoms with E-state index in [1.165, 1.54) is 20.3 Å². The standard InChI is InChI=1S/C19H16ClF2N3O3S/c1-27-15-8-16(28-2)13(7-10(15)20)24-19-25-14(17(29-19)18(23)26)6-9-3-4-11(21)12(22)5-9/h3-5,7-8H,6H2,1-2H3,(H2,23,26)(H,24,25). The molecule has 1 heterocycles. The van der Waals surface area contributed by atoms with Crippen molar-refractivity contribution in [1.82, 2.24) is 4.98 Å². The van der Waals surface area contributed by atoms with E-state index in [2.05, 4.69) is 10.3 Å². The van der Waals surface area contributed by atoms with Crippen LogP contribution in [0.4, 0.5) is 19.6 Å². The van der Waals surface area contributed by atoms with Crippen LogP contribution < -0.4 is 20.5 Å². The number of amides is 1. The van der Waals surface area contributed by atoms with Crippen molar-refractivity contribution in [2.75, 3.05) is 19.5 Å². The Hall–Kier alpha value is -2.91. The van der Waals surface area contributed by atoms with E-state index in [1.54, 1.807) is 12.1 Å². The first-order valence-corrected chi connectivity index (χ1v) is 9.43. The van der Waals surface area contributed by atoms with Crippen LogP contribution in [0.5, 0.6) is 11.5 Å². The Bertz CT molecular complexity index is 1080. The summed E-state index contributed by atoms with van der Waals surface area (Å²) < 4.78 is 37.1. The second-order valence-electron chi connectivity index (χ2n) is 5.90. The van der Waals surface area contributed by atoms with Crippen LogP contribution in [0.25, 0.3) is 0 Å². The van der Waals surface area contributed by atoms with Crippen molar-refractivity contribution in [2.45, 2.75) is 6.42 Å². The minimum absolute atomic E-state index is 0.105. The number of halogens is 3. The van der Waals surface area contributed by atoms with E-state index in [4.69, 9.17) is 26.8 Å². The van der Waals surface area contributed by atoms with E-state index in [9.17, 15) is 13.6 Å². The number of ether oxygens (including phenoxy) is 2. The number of nitrogens with one attached hydrogen (secondary N) is 1. The maximum absolute atomic E-state index is 13.5. The summed E-state index contributed by atoms with van der Waals surface area (Å²) in [5, 5.41) is 3.75. The van der Waals surface area contributed by atoms with Crippen LogP contribution in [-0.4, -0.2) is 25.1 Å². The Morgan fingerprint density at radius 1 is 1.17 bits per heavy atom. The van der Waals surface area contributed by atoms with Gasteiger partial charge in [0.25, 0.3) is 5.91 Å². The molecular formula is C19H16ClF2N3O3S. The highest BCUT2D eigenvalue weighted by Gasteiger charge is 2.19. The van der Waals surface area contributed by atoms with Crippen LogP contribution in [0.3, 0.4) is 0 Å². The second kappa shape index (κ2) is 8.62. The molecule has 0 atom stereocenters. The SMILES string of the molecule is COc1cc(OC)c(Nc2nc(Cc3ccc(F)c(F)c3)c(C(N)=O)s2)cc1Cl. The molecule has 3 N–H and O–H groups in total. The summed E-state index contributed by atoms with van der Waals surface area (Å²) in [5.74, 6) is -1.72. The van der Waals surface area contributed by atoms with Gasteiger partial charge in [-0.05, 0) is 23.8 Å². The topological polar surface area (TPSA) is 86.5 Å². The van der Waals surface area contributed by atoms with Gasteiger partial charge in [-0.25, -0.2) is 13.8 Å². The predicted octanol–water partition coefficient (Wildman–Crippen LogP) is 4.53. The molecule has 3 aromatic rings. The average molecular weight is 440 g/mol. The Morgan fingerprint density at radius 2 is 1.90 bits per heavy atom. The molecule has 0 saturated carbocycles. The zero-order valence-electron chi connectivity index (χ0n) is 15.4. The molecule has 1 aromatic heterocycles. The summed E-state index contributed by atoms with van der Waals surface area (Å²) in [7, 11) is 2.97. The number of primary amides is 1. The van der Waals surface area contributed by atoms with Crippen molar-refractivity contribution < 1.29 is 23.0 Å². The van der Waals surface area contributed by atoms with Gasteiger partial charge in [0.1, 0.15) is 16.4 Å². The lowest BCUT2D eigenvalue weighted by atomic mass is 10.1. The van der Waals surface area contributed by atoms with E-state index in [1.807, 2.05) is 0 Å². The first-order chi connectivity index (χ1) is 13.8. The van der Waals surface area contributed by atoms with Crippen LogP contribution >= 0.6 is 22.9 Å². The highest BCUT2D eigenvalue weighted by molar-refractivity contribution is 7.17. The molecule has 6 nitrogen and oxygen atoms in total. The molecule has 0 unspecified atom stereocenters. The van der Waals surface area contributed by atoms with Crippen molar-refractivity contribution in [3.05, 3.63) is 63.1 Å². The average Bonchev–Trinajstić information content (AvgIpc) is 3.07. The van der Waals surface area contributed by atoms with E-state index in [0.29, 0.717) is 38.6 Å². The largest absolute Gasteiger partial charge is 0.495 e. The highest BCUT2D eigenvalue weighted by Crippen LogP contribution is 2.38. The number of aromatic nitrogens is 1. The van der Waals surface area contributed by atoms with Crippen LogP contribution in [0.15, 0.2) is 30.3 Å². The van der Waals surface area contributed by atoms with Crippen molar-refractivity contribution in [3.8, 4) is 11.5 Å². The fourth-order valence-corrected chi connectivity index (χ4v) is 3.72. The first-order valence-electron chi connectivity index (χ1n) is 8.24. The van der Waals surface area contributed by atoms with E-state index >= 15 is 0 Å². The van der Waals surface area contributed by atoms with Gasteiger partial charge in [0.2, 0.25) is 0 Å². The molecule has 10 heteroatoms. The lowest BCUT2D eigenvalue weighted by molar-refractivity contribution is 0.100. The van der Waals surface area contributed by atoms with Crippen molar-refractivity contribution in [3.63, 3.8) is 0 Å². The molecular weight excluding hydrogens is 424 g/mol. The maximum Gasteiger partial charge on any atom is 0.260 e. The van der Waals surface area contributed by atoms with Crippen LogP contribution in [0.1, 0.15) is 20.9 Å². The second-order valence-corrected chi connectivity index (χ2v) is 7.30. The van der Waals surface area contributed by atoms with Gasteiger partial charge < -0.3 is 20.5 Å². The summed E-state index contributed by atoms with van der Waals surface area (Å²) in [6, 6.07) is 6.69. The summed E-state index contributed by atoms with van der Waals surface area (Å²) in [4.78, 5) is 16.4. The highest BCUT2D eigenvalue weighted by atomic mass is 35.5. The van der Waals surface area contributed by atoms with Gasteiger partial charge in [-0.15, -0.1) is 0 Å². The molecule has 0 bridgehead atoms. The lowest BCUT2D eigenvalue weighted by Crippen LogP contribution is -2.11. The van der Waals surface area contributed by atoms with Gasteiger partial charge in [-0.2, -0.15) is 0 Å². The number of methoxy groups -OCH3 is 2. The van der Waals surface area contributed by atoms with E-state index in [0.717, 1.165) is 23.5 Å². The normalized spacial score (nSPS) is 10.7. The minimum Gasteiger partial charge on any atom is -0.495 e. The lowest BCUT2D eigenvalue weighted by Gasteiger charge is -2.12. The molecule has 1 amide bonds. The molecule has 0 aliphatic carbocycles. The minimum atomic E-state index is -0.977. The third-order valence-corrected chi connectivity index (χ3v) is 5.32. The number of anilines is 2. The zero-order chi connectivity index (χ0) is 21.1. The Labute approximate surface area is 174 Å². The van der Waals surface area contributed by atoms with Gasteiger partial charge >= 0.3 is 0 Å².